The van der Waals surface area contributed by atoms with Crippen molar-refractivity contribution in [1.29, 1.82) is 0 Å². The maximum atomic E-state index is 11.8. The minimum absolute atomic E-state index is 0.0272. The summed E-state index contributed by atoms with van der Waals surface area (Å²) in [6.45, 7) is 0.0272. The van der Waals surface area contributed by atoms with Crippen LogP contribution in [-0.2, 0) is 13.7 Å². The van der Waals surface area contributed by atoms with Crippen LogP contribution in [0.2, 0.25) is 1.41 Å². The highest BCUT2D eigenvalue weighted by atomic mass is 79.9. The van der Waals surface area contributed by atoms with Gasteiger partial charge in [0.2, 0.25) is 5.88 Å². The molecule has 11 heteroatoms. The Balaban J connectivity index is 1.90. The standard InChI is InChI=1S/C9H8BrN7O3/c1-16-9(18)17(15-14-16)8-5(7(10)13-20-8)4-19-6-2-3-11-12-6/h2-3H,4H2,1H3,(H,11,12)/i/hT. The molecule has 0 saturated heterocycles. The molecule has 3 heterocycles. The van der Waals surface area contributed by atoms with Gasteiger partial charge >= 0.3 is 5.69 Å². The molecule has 20 heavy (non-hydrogen) atoms. The molecule has 0 aliphatic heterocycles. The third-order valence-corrected chi connectivity index (χ3v) is 3.06. The molecule has 0 aromatic carbocycles. The molecule has 0 unspecified atom stereocenters. The Kier molecular flexibility index (Phi) is 2.81. The van der Waals surface area contributed by atoms with Gasteiger partial charge in [0.25, 0.3) is 5.88 Å². The van der Waals surface area contributed by atoms with Crippen molar-refractivity contribution in [3.63, 3.8) is 0 Å². The predicted molar refractivity (Wildman–Crippen MR) is 67.3 cm³/mol. The zero-order chi connectivity index (χ0) is 15.0. The fourth-order valence-corrected chi connectivity index (χ4v) is 1.81. The Morgan fingerprint density at radius 3 is 3.10 bits per heavy atom. The molecule has 0 radical (unpaired) electrons. The Morgan fingerprint density at radius 1 is 1.60 bits per heavy atom. The summed E-state index contributed by atoms with van der Waals surface area (Å²) in [7, 11) is 1.47. The first-order chi connectivity index (χ1) is 10.1. The Bertz CT molecular complexity index is 835. The predicted octanol–water partition coefficient (Wildman–Crippen LogP) is 0.0186. The number of H-pyrrole nitrogens is 1. The van der Waals surface area contributed by atoms with Crippen LogP contribution in [0.15, 0.2) is 26.2 Å². The summed E-state index contributed by atoms with van der Waals surface area (Å²) < 4.78 is 20.1. The zero-order valence-electron chi connectivity index (χ0n) is 11.1. The van der Waals surface area contributed by atoms with Crippen molar-refractivity contribution in [3.8, 4) is 11.8 Å². The first-order valence-corrected chi connectivity index (χ1v) is 6.16. The molecule has 0 atom stereocenters. The lowest BCUT2D eigenvalue weighted by Gasteiger charge is -2.01. The van der Waals surface area contributed by atoms with Gasteiger partial charge in [-0.25, -0.2) is 4.79 Å². The number of ether oxygens (including phenoxy) is 1. The van der Waals surface area contributed by atoms with Crippen LogP contribution in [-0.4, -0.2) is 35.1 Å². The van der Waals surface area contributed by atoms with Gasteiger partial charge in [0.05, 0.1) is 5.56 Å². The fourth-order valence-electron chi connectivity index (χ4n) is 1.45. The minimum atomic E-state index is -0.477. The van der Waals surface area contributed by atoms with E-state index in [9.17, 15) is 4.79 Å². The topological polar surface area (TPSA) is 117 Å². The highest BCUT2D eigenvalue weighted by molar-refractivity contribution is 9.10. The third kappa shape index (κ3) is 2.11. The third-order valence-electron chi connectivity index (χ3n) is 2.44. The normalized spacial score (nSPS) is 11.6. The van der Waals surface area contributed by atoms with E-state index in [1.807, 2.05) is 0 Å². The van der Waals surface area contributed by atoms with E-state index in [0.717, 1.165) is 14.5 Å². The van der Waals surface area contributed by atoms with Gasteiger partial charge in [-0.1, -0.05) is 5.16 Å². The highest BCUT2D eigenvalue weighted by Crippen LogP contribution is 2.23. The number of nitrogens with zero attached hydrogens (tertiary/aromatic N) is 6. The van der Waals surface area contributed by atoms with Crippen LogP contribution in [0.4, 0.5) is 0 Å². The summed E-state index contributed by atoms with van der Waals surface area (Å²) in [5, 5.41) is 15.6. The molecule has 10 nitrogen and oxygen atoms in total. The van der Waals surface area contributed by atoms with Crippen molar-refractivity contribution in [2.24, 2.45) is 7.05 Å². The van der Waals surface area contributed by atoms with E-state index in [0.29, 0.717) is 10.2 Å². The average Bonchev–Trinajstić information content (AvgIpc) is 3.11. The van der Waals surface area contributed by atoms with Crippen molar-refractivity contribution in [2.45, 2.75) is 6.61 Å². The van der Waals surface area contributed by atoms with Gasteiger partial charge in [-0.15, -0.1) is 9.78 Å². The Morgan fingerprint density at radius 2 is 2.45 bits per heavy atom. The largest absolute Gasteiger partial charge is 0.471 e. The second-order valence-corrected chi connectivity index (χ2v) is 4.46. The van der Waals surface area contributed by atoms with Crippen molar-refractivity contribution in [3.05, 3.63) is 32.9 Å². The number of aromatic amines is 1. The summed E-state index contributed by atoms with van der Waals surface area (Å²) in [4.78, 5) is 11.8. The summed E-state index contributed by atoms with van der Waals surface area (Å²) in [6.07, 6.45) is 1.42. The van der Waals surface area contributed by atoms with Gasteiger partial charge in [-0.05, 0) is 26.4 Å². The molecule has 0 saturated carbocycles. The number of hydrogen-bond acceptors (Lipinski definition) is 7. The molecule has 3 rings (SSSR count). The van der Waals surface area contributed by atoms with E-state index in [4.69, 9.17) is 10.7 Å². The van der Waals surface area contributed by atoms with E-state index >= 15 is 0 Å². The van der Waals surface area contributed by atoms with E-state index in [1.54, 1.807) is 0 Å². The molecule has 0 aliphatic rings. The van der Waals surface area contributed by atoms with Gasteiger partial charge in [0, 0.05) is 19.3 Å². The molecule has 104 valence electrons. The van der Waals surface area contributed by atoms with E-state index in [-0.39, 0.29) is 18.4 Å². The van der Waals surface area contributed by atoms with Crippen LogP contribution in [0.5, 0.6) is 5.88 Å². The minimum Gasteiger partial charge on any atom is -0.471 e. The molecule has 0 fully saturated rings. The summed E-state index contributed by atoms with van der Waals surface area (Å²) in [5.41, 5.74) is -0.00698. The van der Waals surface area contributed by atoms with E-state index in [2.05, 4.69) is 36.6 Å². The summed E-state index contributed by atoms with van der Waals surface area (Å²) in [6, 6.07) is 1.53. The van der Waals surface area contributed by atoms with Gasteiger partial charge in [-0.2, -0.15) is 4.68 Å². The van der Waals surface area contributed by atoms with E-state index < -0.39 is 5.69 Å². The van der Waals surface area contributed by atoms with Crippen molar-refractivity contribution in [2.75, 3.05) is 0 Å². The lowest BCUT2D eigenvalue weighted by Crippen LogP contribution is -2.22. The molecule has 0 bridgehead atoms. The van der Waals surface area contributed by atoms with Gasteiger partial charge in [-0.3, -0.25) is 5.09 Å². The molecule has 3 aromatic heterocycles. The number of rotatable bonds is 4. The van der Waals surface area contributed by atoms with Crippen LogP contribution < -0.4 is 10.4 Å². The molecule has 3 aromatic rings. The number of aromatic nitrogens is 7. The zero-order valence-corrected chi connectivity index (χ0v) is 11.7. The SMILES string of the molecule is [3H]n1ccc(OCc2c(Br)noc2-n2nnn(C)c2=O)n1. The van der Waals surface area contributed by atoms with Crippen LogP contribution in [0, 0.1) is 0 Å². The molecular formula is C9H8BrN7O3. The lowest BCUT2D eigenvalue weighted by molar-refractivity contribution is 0.290. The molecule has 0 spiro atoms. The van der Waals surface area contributed by atoms with Crippen molar-refractivity contribution in [1.82, 2.24) is 35.1 Å². The number of nitrogens with one attached hydrogen (secondary N) is 1. The summed E-state index contributed by atoms with van der Waals surface area (Å²) in [5.74, 6) is 0.362. The van der Waals surface area contributed by atoms with Crippen molar-refractivity contribution >= 4 is 15.9 Å². The molecule has 0 aliphatic carbocycles. The summed E-state index contributed by atoms with van der Waals surface area (Å²) >= 11 is 3.21. The molecular weight excluding hydrogens is 334 g/mol. The monoisotopic (exact) mass is 343 g/mol. The smallest absolute Gasteiger partial charge is 0.370 e. The van der Waals surface area contributed by atoms with Crippen LogP contribution in [0.25, 0.3) is 5.88 Å². The van der Waals surface area contributed by atoms with Gasteiger partial charge < -0.3 is 9.26 Å². The first kappa shape index (κ1) is 11.4. The maximum Gasteiger partial charge on any atom is 0.370 e. The number of halogens is 1. The second kappa shape index (κ2) is 4.92. The van der Waals surface area contributed by atoms with Gasteiger partial charge in [0.15, 0.2) is 6.02 Å². The quantitative estimate of drug-likeness (QED) is 0.709. The second-order valence-electron chi connectivity index (χ2n) is 3.71. The van der Waals surface area contributed by atoms with Crippen LogP contribution >= 0.6 is 15.9 Å². The van der Waals surface area contributed by atoms with Gasteiger partial charge in [0.1, 0.15) is 6.61 Å². The molecule has 0 amide bonds. The number of hydrogen-bond donors (Lipinski definition) is 1. The highest BCUT2D eigenvalue weighted by Gasteiger charge is 2.20. The molecule has 1 N–H and O–H groups in total. The van der Waals surface area contributed by atoms with Crippen LogP contribution in [0.1, 0.15) is 5.56 Å². The Labute approximate surface area is 120 Å². The first-order valence-electron chi connectivity index (χ1n) is 5.82. The fraction of sp³-hybridized carbons (Fsp3) is 0.222. The Hall–Kier alpha value is -2.43. The van der Waals surface area contributed by atoms with E-state index in [1.165, 1.54) is 19.3 Å². The lowest BCUT2D eigenvalue weighted by atomic mass is 10.3. The number of tetrazole rings is 1. The maximum absolute atomic E-state index is 11.8. The number of aryl methyl sites for hydroxylation is 1. The van der Waals surface area contributed by atoms with Crippen LogP contribution in [0.3, 0.4) is 0 Å². The average molecular weight is 344 g/mol. The van der Waals surface area contributed by atoms with Crippen molar-refractivity contribution < 1.29 is 10.7 Å².